The topological polar surface area (TPSA) is 32.3 Å². The molecule has 0 bridgehead atoms. The molecule has 0 radical (unpaired) electrons. The summed E-state index contributed by atoms with van der Waals surface area (Å²) in [5.41, 5.74) is 3.19. The highest BCUT2D eigenvalue weighted by Crippen LogP contribution is 2.20. The van der Waals surface area contributed by atoms with Gasteiger partial charge in [0.1, 0.15) is 0 Å². The molecule has 1 aliphatic rings. The van der Waals surface area contributed by atoms with E-state index in [0.717, 1.165) is 37.2 Å². The Morgan fingerprint density at radius 2 is 1.65 bits per heavy atom. The minimum Gasteiger partial charge on any atom is -0.369 e. The van der Waals surface area contributed by atoms with Crippen LogP contribution < -0.4 is 4.90 Å². The van der Waals surface area contributed by atoms with Crippen molar-refractivity contribution in [1.82, 2.24) is 14.9 Å². The summed E-state index contributed by atoms with van der Waals surface area (Å²) in [6.07, 6.45) is 3.48. The van der Waals surface area contributed by atoms with Crippen molar-refractivity contribution in [2.75, 3.05) is 38.1 Å². The lowest BCUT2D eigenvalue weighted by atomic mass is 10.2. The number of benzene rings is 1. The van der Waals surface area contributed by atoms with Crippen LogP contribution in [-0.4, -0.2) is 48.1 Å². The van der Waals surface area contributed by atoms with E-state index >= 15 is 0 Å². The molecular formula is C13H16N4. The Kier molecular flexibility index (Phi) is 2.65. The summed E-state index contributed by atoms with van der Waals surface area (Å²) in [7, 11) is 2.17. The average molecular weight is 228 g/mol. The van der Waals surface area contributed by atoms with Gasteiger partial charge < -0.3 is 9.80 Å². The molecule has 88 valence electrons. The van der Waals surface area contributed by atoms with E-state index in [9.17, 15) is 0 Å². The smallest absolute Gasteiger partial charge is 0.0907 e. The zero-order valence-electron chi connectivity index (χ0n) is 10.0. The normalized spacial score (nSPS) is 17.6. The molecule has 1 aliphatic heterocycles. The molecule has 2 aromatic rings. The van der Waals surface area contributed by atoms with Crippen LogP contribution in [0.1, 0.15) is 0 Å². The minimum atomic E-state index is 0.963. The number of rotatable bonds is 1. The third-order valence-electron chi connectivity index (χ3n) is 3.32. The Hall–Kier alpha value is -1.68. The molecule has 1 aromatic carbocycles. The minimum absolute atomic E-state index is 0.963. The molecule has 0 unspecified atom stereocenters. The van der Waals surface area contributed by atoms with Crippen LogP contribution in [0.4, 0.5) is 5.69 Å². The van der Waals surface area contributed by atoms with E-state index in [4.69, 9.17) is 0 Å². The Morgan fingerprint density at radius 1 is 0.941 bits per heavy atom. The van der Waals surface area contributed by atoms with E-state index in [-0.39, 0.29) is 0 Å². The van der Waals surface area contributed by atoms with E-state index in [1.54, 1.807) is 12.4 Å². The van der Waals surface area contributed by atoms with Gasteiger partial charge >= 0.3 is 0 Å². The van der Waals surface area contributed by atoms with Gasteiger partial charge in [-0.3, -0.25) is 9.97 Å². The first-order chi connectivity index (χ1) is 8.33. The molecule has 1 aromatic heterocycles. The maximum atomic E-state index is 4.35. The molecule has 4 heteroatoms. The number of aromatic nitrogens is 2. The summed E-state index contributed by atoms with van der Waals surface area (Å²) < 4.78 is 0. The fourth-order valence-corrected chi connectivity index (χ4v) is 2.21. The molecule has 0 amide bonds. The molecule has 0 spiro atoms. The van der Waals surface area contributed by atoms with Gasteiger partial charge in [0.2, 0.25) is 0 Å². The highest BCUT2D eigenvalue weighted by atomic mass is 15.2. The van der Waals surface area contributed by atoms with Crippen LogP contribution in [0.3, 0.4) is 0 Å². The van der Waals surface area contributed by atoms with Crippen LogP contribution in [0, 0.1) is 0 Å². The molecule has 0 atom stereocenters. The van der Waals surface area contributed by atoms with E-state index in [1.165, 1.54) is 5.69 Å². The molecule has 3 rings (SSSR count). The van der Waals surface area contributed by atoms with Crippen molar-refractivity contribution in [1.29, 1.82) is 0 Å². The van der Waals surface area contributed by atoms with Crippen molar-refractivity contribution < 1.29 is 0 Å². The van der Waals surface area contributed by atoms with Gasteiger partial charge in [-0.1, -0.05) is 0 Å². The third kappa shape index (κ3) is 2.08. The second-order valence-electron chi connectivity index (χ2n) is 4.52. The van der Waals surface area contributed by atoms with Gasteiger partial charge in [0.25, 0.3) is 0 Å². The predicted molar refractivity (Wildman–Crippen MR) is 69.2 cm³/mol. The molecule has 1 fully saturated rings. The summed E-state index contributed by atoms with van der Waals surface area (Å²) in [6, 6.07) is 6.33. The van der Waals surface area contributed by atoms with Crippen molar-refractivity contribution in [3.8, 4) is 0 Å². The standard InChI is InChI=1S/C13H16N4/c1-16-6-8-17(9-7-16)11-2-3-12-13(10-11)15-5-4-14-12/h2-5,10H,6-9H2,1H3. The predicted octanol–water partition coefficient (Wildman–Crippen LogP) is 1.38. The van der Waals surface area contributed by atoms with E-state index in [0.29, 0.717) is 0 Å². The largest absolute Gasteiger partial charge is 0.369 e. The second kappa shape index (κ2) is 4.30. The third-order valence-corrected chi connectivity index (χ3v) is 3.32. The zero-order valence-corrected chi connectivity index (χ0v) is 10.0. The average Bonchev–Trinajstić information content (AvgIpc) is 2.39. The molecule has 0 saturated carbocycles. The molecule has 4 nitrogen and oxygen atoms in total. The van der Waals surface area contributed by atoms with Crippen LogP contribution in [0.2, 0.25) is 0 Å². The molecule has 0 aliphatic carbocycles. The van der Waals surface area contributed by atoms with Crippen LogP contribution in [0.5, 0.6) is 0 Å². The van der Waals surface area contributed by atoms with Crippen molar-refractivity contribution in [2.45, 2.75) is 0 Å². The Balaban J connectivity index is 1.90. The summed E-state index contributed by atoms with van der Waals surface area (Å²) in [5, 5.41) is 0. The molecule has 1 saturated heterocycles. The van der Waals surface area contributed by atoms with Crippen LogP contribution in [-0.2, 0) is 0 Å². The van der Waals surface area contributed by atoms with Crippen molar-refractivity contribution in [3.63, 3.8) is 0 Å². The molecule has 17 heavy (non-hydrogen) atoms. The van der Waals surface area contributed by atoms with E-state index in [2.05, 4.69) is 45.0 Å². The van der Waals surface area contributed by atoms with Gasteiger partial charge in [-0.05, 0) is 25.2 Å². The second-order valence-corrected chi connectivity index (χ2v) is 4.52. The first-order valence-corrected chi connectivity index (χ1v) is 5.97. The van der Waals surface area contributed by atoms with Gasteiger partial charge in [0, 0.05) is 44.3 Å². The number of fused-ring (bicyclic) bond motifs is 1. The fraction of sp³-hybridized carbons (Fsp3) is 0.385. The Labute approximate surface area is 101 Å². The molecule has 0 N–H and O–H groups in total. The monoisotopic (exact) mass is 228 g/mol. The Morgan fingerprint density at radius 3 is 2.41 bits per heavy atom. The van der Waals surface area contributed by atoms with Gasteiger partial charge in [-0.2, -0.15) is 0 Å². The maximum absolute atomic E-state index is 4.35. The van der Waals surface area contributed by atoms with Gasteiger partial charge in [0.05, 0.1) is 11.0 Å². The van der Waals surface area contributed by atoms with Crippen LogP contribution in [0.15, 0.2) is 30.6 Å². The lowest BCUT2D eigenvalue weighted by Gasteiger charge is -2.34. The summed E-state index contributed by atoms with van der Waals surface area (Å²) in [5.74, 6) is 0. The van der Waals surface area contributed by atoms with Crippen molar-refractivity contribution in [2.24, 2.45) is 0 Å². The van der Waals surface area contributed by atoms with Crippen LogP contribution >= 0.6 is 0 Å². The van der Waals surface area contributed by atoms with E-state index in [1.807, 2.05) is 0 Å². The first kappa shape index (κ1) is 10.5. The summed E-state index contributed by atoms with van der Waals surface area (Å²) in [4.78, 5) is 13.4. The number of hydrogen-bond donors (Lipinski definition) is 0. The van der Waals surface area contributed by atoms with Gasteiger partial charge in [0.15, 0.2) is 0 Å². The van der Waals surface area contributed by atoms with Crippen molar-refractivity contribution >= 4 is 16.7 Å². The van der Waals surface area contributed by atoms with Gasteiger partial charge in [-0.25, -0.2) is 0 Å². The Bertz CT molecular complexity index is 518. The van der Waals surface area contributed by atoms with E-state index < -0.39 is 0 Å². The lowest BCUT2D eigenvalue weighted by molar-refractivity contribution is 0.313. The van der Waals surface area contributed by atoms with Gasteiger partial charge in [-0.15, -0.1) is 0 Å². The highest BCUT2D eigenvalue weighted by molar-refractivity contribution is 5.78. The quantitative estimate of drug-likeness (QED) is 0.738. The number of piperazine rings is 1. The van der Waals surface area contributed by atoms with Crippen molar-refractivity contribution in [3.05, 3.63) is 30.6 Å². The lowest BCUT2D eigenvalue weighted by Crippen LogP contribution is -2.44. The zero-order chi connectivity index (χ0) is 11.7. The number of likely N-dealkylation sites (N-methyl/N-ethyl adjacent to an activating group) is 1. The maximum Gasteiger partial charge on any atom is 0.0907 e. The molecule has 2 heterocycles. The number of hydrogen-bond acceptors (Lipinski definition) is 4. The number of anilines is 1. The summed E-state index contributed by atoms with van der Waals surface area (Å²) >= 11 is 0. The highest BCUT2D eigenvalue weighted by Gasteiger charge is 2.14. The van der Waals surface area contributed by atoms with Crippen LogP contribution in [0.25, 0.3) is 11.0 Å². The fourth-order valence-electron chi connectivity index (χ4n) is 2.21. The number of nitrogens with zero attached hydrogens (tertiary/aromatic N) is 4. The summed E-state index contributed by atoms with van der Waals surface area (Å²) in [6.45, 7) is 4.42. The SMILES string of the molecule is CN1CCN(c2ccc3nccnc3c2)CC1. The molecular weight excluding hydrogens is 212 g/mol. The first-order valence-electron chi connectivity index (χ1n) is 5.97.